The first-order valence-electron chi connectivity index (χ1n) is 3.52. The van der Waals surface area contributed by atoms with E-state index >= 15 is 0 Å². The van der Waals surface area contributed by atoms with Crippen LogP contribution in [0.3, 0.4) is 0 Å². The minimum Gasteiger partial charge on any atom is -0.358 e. The molecule has 3 heteroatoms. The lowest BCUT2D eigenvalue weighted by Gasteiger charge is -1.99. The Morgan fingerprint density at radius 2 is 2.55 bits per heavy atom. The topological polar surface area (TPSA) is 24.4 Å². The van der Waals surface area contributed by atoms with Gasteiger partial charge in [0.15, 0.2) is 5.17 Å². The zero-order chi connectivity index (χ0) is 8.27. The van der Waals surface area contributed by atoms with E-state index < -0.39 is 0 Å². The highest BCUT2D eigenvalue weighted by atomic mass is 32.2. The first-order valence-corrected chi connectivity index (χ1v) is 4.34. The highest BCUT2D eigenvalue weighted by molar-refractivity contribution is 8.17. The van der Waals surface area contributed by atoms with Gasteiger partial charge in [0, 0.05) is 4.91 Å². The van der Waals surface area contributed by atoms with Crippen molar-refractivity contribution in [2.75, 3.05) is 6.54 Å². The predicted molar refractivity (Wildman–Crippen MR) is 51.8 cm³/mol. The zero-order valence-electron chi connectivity index (χ0n) is 6.63. The van der Waals surface area contributed by atoms with E-state index in [-0.39, 0.29) is 0 Å². The molecular formula is C8H12N2S. The van der Waals surface area contributed by atoms with Crippen molar-refractivity contribution >= 4 is 16.9 Å². The maximum atomic E-state index is 4.23. The molecule has 1 heterocycles. The van der Waals surface area contributed by atoms with Crippen LogP contribution in [-0.2, 0) is 0 Å². The Labute approximate surface area is 71.5 Å². The molecule has 1 rings (SSSR count). The van der Waals surface area contributed by atoms with Crippen molar-refractivity contribution in [3.8, 4) is 0 Å². The Balaban J connectivity index is 2.52. The Morgan fingerprint density at radius 3 is 3.00 bits per heavy atom. The molecule has 11 heavy (non-hydrogen) atoms. The smallest absolute Gasteiger partial charge is 0.161 e. The number of hydrogen-bond acceptors (Lipinski definition) is 2. The van der Waals surface area contributed by atoms with Crippen molar-refractivity contribution in [2.45, 2.75) is 13.0 Å². The molecule has 0 saturated carbocycles. The fourth-order valence-corrected chi connectivity index (χ4v) is 1.59. The quantitative estimate of drug-likeness (QED) is 0.635. The Bertz CT molecular complexity index is 208. The van der Waals surface area contributed by atoms with Gasteiger partial charge in [-0.25, -0.2) is 0 Å². The molecule has 1 aliphatic rings. The number of nitrogens with zero attached hydrogens (tertiary/aromatic N) is 1. The molecule has 1 atom stereocenters. The van der Waals surface area contributed by atoms with Crippen LogP contribution in [0.1, 0.15) is 6.92 Å². The zero-order valence-corrected chi connectivity index (χ0v) is 7.45. The van der Waals surface area contributed by atoms with Gasteiger partial charge in [-0.2, -0.15) is 0 Å². The number of rotatable bonds is 2. The van der Waals surface area contributed by atoms with Crippen molar-refractivity contribution in [3.63, 3.8) is 0 Å². The predicted octanol–water partition coefficient (Wildman–Crippen LogP) is 1.77. The molecule has 0 amide bonds. The molecule has 0 radical (unpaired) electrons. The van der Waals surface area contributed by atoms with Crippen LogP contribution in [0, 0.1) is 0 Å². The molecule has 1 fully saturated rings. The maximum Gasteiger partial charge on any atom is 0.161 e. The van der Waals surface area contributed by atoms with Gasteiger partial charge >= 0.3 is 0 Å². The van der Waals surface area contributed by atoms with Gasteiger partial charge in [0.1, 0.15) is 0 Å². The van der Waals surface area contributed by atoms with Gasteiger partial charge in [0.25, 0.3) is 0 Å². The Kier molecular flexibility index (Phi) is 2.76. The highest BCUT2D eigenvalue weighted by Gasteiger charge is 2.19. The van der Waals surface area contributed by atoms with Crippen LogP contribution in [0.25, 0.3) is 0 Å². The van der Waals surface area contributed by atoms with E-state index in [1.807, 2.05) is 0 Å². The minimum atomic E-state index is 0.351. The fraction of sp³-hybridized carbons (Fsp3) is 0.375. The summed E-state index contributed by atoms with van der Waals surface area (Å²) in [4.78, 5) is 5.36. The third kappa shape index (κ3) is 2.12. The SMILES string of the molecule is C=CCN=C1NC(C)C(=C)S1. The van der Waals surface area contributed by atoms with Crippen LogP contribution >= 0.6 is 11.8 Å². The third-order valence-electron chi connectivity index (χ3n) is 1.41. The molecule has 0 aromatic heterocycles. The first kappa shape index (κ1) is 8.40. The molecule has 1 saturated heterocycles. The summed E-state index contributed by atoms with van der Waals surface area (Å²) in [5.41, 5.74) is 0. The van der Waals surface area contributed by atoms with Gasteiger partial charge in [0.2, 0.25) is 0 Å². The second-order valence-electron chi connectivity index (χ2n) is 2.37. The van der Waals surface area contributed by atoms with E-state index in [4.69, 9.17) is 0 Å². The standard InChI is InChI=1S/C8H12N2S/c1-4-5-9-8-10-6(2)7(3)11-8/h4,6H,1,3,5H2,2H3,(H,9,10). The van der Waals surface area contributed by atoms with Gasteiger partial charge in [-0.3, -0.25) is 4.99 Å². The van der Waals surface area contributed by atoms with Crippen LogP contribution in [0.2, 0.25) is 0 Å². The molecule has 0 aliphatic carbocycles. The molecule has 60 valence electrons. The van der Waals surface area contributed by atoms with E-state index in [1.54, 1.807) is 17.8 Å². The molecule has 1 unspecified atom stereocenters. The van der Waals surface area contributed by atoms with Gasteiger partial charge in [-0.1, -0.05) is 24.4 Å². The summed E-state index contributed by atoms with van der Waals surface area (Å²) >= 11 is 1.61. The van der Waals surface area contributed by atoms with Crippen LogP contribution in [0.15, 0.2) is 29.1 Å². The average Bonchev–Trinajstić information content (AvgIpc) is 2.28. The molecule has 0 spiro atoms. The molecule has 2 nitrogen and oxygen atoms in total. The lowest BCUT2D eigenvalue weighted by atomic mass is 10.3. The number of hydrogen-bond donors (Lipinski definition) is 1. The highest BCUT2D eigenvalue weighted by Crippen LogP contribution is 2.25. The molecule has 0 aromatic rings. The summed E-state index contributed by atoms with van der Waals surface area (Å²) in [6, 6.07) is 0.351. The molecule has 0 aromatic carbocycles. The number of amidine groups is 1. The van der Waals surface area contributed by atoms with Crippen LogP contribution in [0.4, 0.5) is 0 Å². The Morgan fingerprint density at radius 1 is 1.82 bits per heavy atom. The van der Waals surface area contributed by atoms with Crippen LogP contribution in [0.5, 0.6) is 0 Å². The second-order valence-corrected chi connectivity index (χ2v) is 3.48. The number of aliphatic imine (C=N–C) groups is 1. The van der Waals surface area contributed by atoms with Gasteiger partial charge in [-0.05, 0) is 6.92 Å². The fourth-order valence-electron chi connectivity index (χ4n) is 0.733. The monoisotopic (exact) mass is 168 g/mol. The second kappa shape index (κ2) is 3.62. The number of thioether (sulfide) groups is 1. The van der Waals surface area contributed by atoms with Gasteiger partial charge in [-0.15, -0.1) is 6.58 Å². The van der Waals surface area contributed by atoms with Gasteiger partial charge < -0.3 is 5.32 Å². The maximum absolute atomic E-state index is 4.23. The molecular weight excluding hydrogens is 156 g/mol. The van der Waals surface area contributed by atoms with E-state index in [1.165, 1.54) is 0 Å². The summed E-state index contributed by atoms with van der Waals surface area (Å²) in [7, 11) is 0. The lowest BCUT2D eigenvalue weighted by molar-refractivity contribution is 0.816. The van der Waals surface area contributed by atoms with Crippen LogP contribution in [-0.4, -0.2) is 17.8 Å². The molecule has 1 N–H and O–H groups in total. The van der Waals surface area contributed by atoms with E-state index in [9.17, 15) is 0 Å². The minimum absolute atomic E-state index is 0.351. The first-order chi connectivity index (χ1) is 5.24. The largest absolute Gasteiger partial charge is 0.358 e. The molecule has 1 aliphatic heterocycles. The van der Waals surface area contributed by atoms with Crippen molar-refractivity contribution < 1.29 is 0 Å². The Hall–Kier alpha value is -0.700. The van der Waals surface area contributed by atoms with Gasteiger partial charge in [0.05, 0.1) is 12.6 Å². The average molecular weight is 168 g/mol. The van der Waals surface area contributed by atoms with E-state index in [2.05, 4.69) is 30.4 Å². The summed E-state index contributed by atoms with van der Waals surface area (Å²) in [6.45, 7) is 10.2. The summed E-state index contributed by atoms with van der Waals surface area (Å²) in [5.74, 6) is 0. The van der Waals surface area contributed by atoms with Crippen molar-refractivity contribution in [3.05, 3.63) is 24.1 Å². The number of nitrogens with one attached hydrogen (secondary N) is 1. The third-order valence-corrected chi connectivity index (χ3v) is 2.47. The van der Waals surface area contributed by atoms with Crippen LogP contribution < -0.4 is 5.32 Å². The lowest BCUT2D eigenvalue weighted by Crippen LogP contribution is -2.22. The normalized spacial score (nSPS) is 27.2. The van der Waals surface area contributed by atoms with Crippen molar-refractivity contribution in [1.29, 1.82) is 0 Å². The van der Waals surface area contributed by atoms with E-state index in [0.717, 1.165) is 10.1 Å². The van der Waals surface area contributed by atoms with Crippen molar-refractivity contribution in [1.82, 2.24) is 5.32 Å². The summed E-state index contributed by atoms with van der Waals surface area (Å²) in [5, 5.41) is 4.16. The van der Waals surface area contributed by atoms with E-state index in [0.29, 0.717) is 12.6 Å². The summed E-state index contributed by atoms with van der Waals surface area (Å²) < 4.78 is 0. The van der Waals surface area contributed by atoms with Crippen molar-refractivity contribution in [2.24, 2.45) is 4.99 Å². The summed E-state index contributed by atoms with van der Waals surface area (Å²) in [6.07, 6.45) is 1.78. The molecule has 0 bridgehead atoms.